The fourth-order valence-corrected chi connectivity index (χ4v) is 1.27. The van der Waals surface area contributed by atoms with Gasteiger partial charge in [-0.25, -0.2) is 4.63 Å². The van der Waals surface area contributed by atoms with Crippen LogP contribution in [0.1, 0.15) is 0 Å². The second kappa shape index (κ2) is 1.85. The SMILES string of the molecule is c1ccc2c(c1)oc1nonc12. The molecule has 0 spiro atoms. The molecule has 4 nitrogen and oxygen atoms in total. The van der Waals surface area contributed by atoms with Gasteiger partial charge in [-0.1, -0.05) is 12.1 Å². The van der Waals surface area contributed by atoms with E-state index in [9.17, 15) is 0 Å². The zero-order valence-corrected chi connectivity index (χ0v) is 6.02. The van der Waals surface area contributed by atoms with E-state index in [-0.39, 0.29) is 0 Å². The molecule has 1 aromatic carbocycles. The highest BCUT2D eigenvalue weighted by Crippen LogP contribution is 2.24. The summed E-state index contributed by atoms with van der Waals surface area (Å²) in [6.07, 6.45) is 0. The van der Waals surface area contributed by atoms with Crippen LogP contribution >= 0.6 is 0 Å². The molecule has 2 aromatic heterocycles. The van der Waals surface area contributed by atoms with Crippen LogP contribution in [0.15, 0.2) is 33.3 Å². The van der Waals surface area contributed by atoms with Gasteiger partial charge in [-0.2, -0.15) is 0 Å². The van der Waals surface area contributed by atoms with Crippen molar-refractivity contribution in [2.45, 2.75) is 0 Å². The van der Waals surface area contributed by atoms with E-state index in [2.05, 4.69) is 14.9 Å². The third kappa shape index (κ3) is 0.567. The first kappa shape index (κ1) is 5.77. The number of para-hydroxylation sites is 1. The first-order valence-electron chi connectivity index (χ1n) is 3.55. The first-order valence-corrected chi connectivity index (χ1v) is 3.55. The molecule has 0 saturated heterocycles. The minimum Gasteiger partial charge on any atom is -0.434 e. The average Bonchev–Trinajstić information content (AvgIpc) is 2.62. The van der Waals surface area contributed by atoms with E-state index >= 15 is 0 Å². The van der Waals surface area contributed by atoms with Gasteiger partial charge in [0.2, 0.25) is 0 Å². The number of aromatic nitrogens is 2. The van der Waals surface area contributed by atoms with Gasteiger partial charge in [-0.15, -0.1) is 0 Å². The van der Waals surface area contributed by atoms with Crippen LogP contribution in [0.3, 0.4) is 0 Å². The highest BCUT2D eigenvalue weighted by Gasteiger charge is 2.09. The van der Waals surface area contributed by atoms with Gasteiger partial charge in [-0.3, -0.25) is 0 Å². The van der Waals surface area contributed by atoms with Gasteiger partial charge in [0.05, 0.1) is 5.39 Å². The molecule has 58 valence electrons. The minimum absolute atomic E-state index is 0.455. The Morgan fingerprint density at radius 1 is 1.08 bits per heavy atom. The average molecular weight is 160 g/mol. The molecule has 0 atom stereocenters. The molecule has 4 heteroatoms. The van der Waals surface area contributed by atoms with Crippen LogP contribution in [0, 0.1) is 0 Å². The van der Waals surface area contributed by atoms with Crippen molar-refractivity contribution in [1.82, 2.24) is 10.3 Å². The zero-order valence-electron chi connectivity index (χ0n) is 6.02. The van der Waals surface area contributed by atoms with Crippen molar-refractivity contribution < 1.29 is 9.05 Å². The molecule has 0 saturated carbocycles. The summed E-state index contributed by atoms with van der Waals surface area (Å²) in [4.78, 5) is 0. The smallest absolute Gasteiger partial charge is 0.289 e. The highest BCUT2D eigenvalue weighted by atomic mass is 16.6. The summed E-state index contributed by atoms with van der Waals surface area (Å²) in [5.74, 6) is 0. The van der Waals surface area contributed by atoms with Crippen molar-refractivity contribution >= 4 is 22.2 Å². The third-order valence-electron chi connectivity index (χ3n) is 1.81. The number of fused-ring (bicyclic) bond motifs is 3. The molecule has 3 aromatic rings. The lowest BCUT2D eigenvalue weighted by atomic mass is 10.2. The van der Waals surface area contributed by atoms with Crippen LogP contribution < -0.4 is 0 Å². The molecule has 0 amide bonds. The second-order valence-corrected chi connectivity index (χ2v) is 2.52. The summed E-state index contributed by atoms with van der Waals surface area (Å²) in [7, 11) is 0. The van der Waals surface area contributed by atoms with E-state index in [0.717, 1.165) is 11.0 Å². The standard InChI is InChI=1S/C8H4N2O2/c1-2-4-6-5(3-1)7-8(11-6)10-12-9-7/h1-4H. The molecule has 0 bridgehead atoms. The van der Waals surface area contributed by atoms with Gasteiger partial charge in [0.25, 0.3) is 5.71 Å². The normalized spacial score (nSPS) is 11.3. The number of benzene rings is 1. The lowest BCUT2D eigenvalue weighted by Gasteiger charge is -1.82. The predicted octanol–water partition coefficient (Wildman–Crippen LogP) is 1.97. The molecule has 0 radical (unpaired) electrons. The molecule has 0 aliphatic carbocycles. The number of hydrogen-bond acceptors (Lipinski definition) is 4. The van der Waals surface area contributed by atoms with Crippen LogP contribution in [-0.2, 0) is 0 Å². The lowest BCUT2D eigenvalue weighted by molar-refractivity contribution is 0.309. The van der Waals surface area contributed by atoms with Crippen molar-refractivity contribution in [3.05, 3.63) is 24.3 Å². The molecule has 0 aliphatic rings. The Bertz CT molecular complexity index is 537. The number of nitrogens with zero attached hydrogens (tertiary/aromatic N) is 2. The van der Waals surface area contributed by atoms with E-state index in [0.29, 0.717) is 11.2 Å². The van der Waals surface area contributed by atoms with Crippen LogP contribution in [0.4, 0.5) is 0 Å². The zero-order chi connectivity index (χ0) is 7.97. The van der Waals surface area contributed by atoms with Crippen LogP contribution in [0.25, 0.3) is 22.2 Å². The summed E-state index contributed by atoms with van der Waals surface area (Å²) in [6, 6.07) is 7.62. The molecule has 0 N–H and O–H groups in total. The molecular weight excluding hydrogens is 156 g/mol. The Hall–Kier alpha value is -1.84. The van der Waals surface area contributed by atoms with Crippen molar-refractivity contribution in [2.24, 2.45) is 0 Å². The van der Waals surface area contributed by atoms with Crippen molar-refractivity contribution in [2.75, 3.05) is 0 Å². The number of hydrogen-bond donors (Lipinski definition) is 0. The summed E-state index contributed by atoms with van der Waals surface area (Å²) >= 11 is 0. The predicted molar refractivity (Wildman–Crippen MR) is 41.6 cm³/mol. The Balaban J connectivity index is 2.68. The first-order chi connectivity index (χ1) is 5.95. The van der Waals surface area contributed by atoms with Crippen molar-refractivity contribution in [3.63, 3.8) is 0 Å². The molecule has 3 rings (SSSR count). The summed E-state index contributed by atoms with van der Waals surface area (Å²) in [5.41, 5.74) is 1.93. The quantitative estimate of drug-likeness (QED) is 0.504. The Morgan fingerprint density at radius 3 is 3.00 bits per heavy atom. The number of furan rings is 1. The minimum atomic E-state index is 0.455. The van der Waals surface area contributed by atoms with Crippen molar-refractivity contribution in [3.8, 4) is 0 Å². The summed E-state index contributed by atoms with van der Waals surface area (Å²) in [6.45, 7) is 0. The molecular formula is C8H4N2O2. The van der Waals surface area contributed by atoms with Crippen LogP contribution in [0.5, 0.6) is 0 Å². The molecule has 0 fully saturated rings. The maximum Gasteiger partial charge on any atom is 0.289 e. The van der Waals surface area contributed by atoms with E-state index in [1.54, 1.807) is 0 Å². The van der Waals surface area contributed by atoms with Gasteiger partial charge in [0, 0.05) is 0 Å². The summed E-state index contributed by atoms with van der Waals surface area (Å²) < 4.78 is 9.84. The highest BCUT2D eigenvalue weighted by molar-refractivity contribution is 6.00. The fraction of sp³-hybridized carbons (Fsp3) is 0. The van der Waals surface area contributed by atoms with Crippen LogP contribution in [0.2, 0.25) is 0 Å². The Kier molecular flexibility index (Phi) is 0.889. The maximum absolute atomic E-state index is 5.33. The summed E-state index contributed by atoms with van der Waals surface area (Å²) in [5, 5.41) is 8.27. The monoisotopic (exact) mass is 160 g/mol. The van der Waals surface area contributed by atoms with Crippen molar-refractivity contribution in [1.29, 1.82) is 0 Å². The van der Waals surface area contributed by atoms with Gasteiger partial charge in [0.1, 0.15) is 5.58 Å². The molecule has 2 heterocycles. The topological polar surface area (TPSA) is 52.1 Å². The number of rotatable bonds is 0. The Morgan fingerprint density at radius 2 is 2.00 bits per heavy atom. The van der Waals surface area contributed by atoms with Gasteiger partial charge in [0.15, 0.2) is 5.52 Å². The van der Waals surface area contributed by atoms with E-state index in [1.807, 2.05) is 24.3 Å². The van der Waals surface area contributed by atoms with Gasteiger partial charge >= 0.3 is 0 Å². The van der Waals surface area contributed by atoms with Gasteiger partial charge < -0.3 is 4.42 Å². The van der Waals surface area contributed by atoms with E-state index in [4.69, 9.17) is 4.42 Å². The fourth-order valence-electron chi connectivity index (χ4n) is 1.27. The third-order valence-corrected chi connectivity index (χ3v) is 1.81. The van der Waals surface area contributed by atoms with E-state index in [1.165, 1.54) is 0 Å². The molecule has 12 heavy (non-hydrogen) atoms. The second-order valence-electron chi connectivity index (χ2n) is 2.52. The molecule has 0 aliphatic heterocycles. The van der Waals surface area contributed by atoms with Crippen LogP contribution in [-0.4, -0.2) is 10.3 Å². The largest absolute Gasteiger partial charge is 0.434 e. The Labute approximate surface area is 66.7 Å². The molecule has 0 unspecified atom stereocenters. The van der Waals surface area contributed by atoms with E-state index < -0.39 is 0 Å². The maximum atomic E-state index is 5.33. The van der Waals surface area contributed by atoms with Gasteiger partial charge in [-0.05, 0) is 22.4 Å². The lowest BCUT2D eigenvalue weighted by Crippen LogP contribution is -1.63.